The maximum absolute atomic E-state index is 14.6. The molecule has 0 bridgehead atoms. The molecule has 0 saturated carbocycles. The number of phenols is 2. The molecule has 8 N–H and O–H groups in total. The summed E-state index contributed by atoms with van der Waals surface area (Å²) in [6, 6.07) is 9.71. The van der Waals surface area contributed by atoms with E-state index in [2.05, 4.69) is 37.1 Å². The molecule has 8 amide bonds. The van der Waals surface area contributed by atoms with Crippen LogP contribution in [0.1, 0.15) is 82.4 Å². The number of pyridine rings is 1. The molecule has 2 fully saturated rings. The van der Waals surface area contributed by atoms with E-state index in [0.29, 0.717) is 40.3 Å². The molecular weight excluding hydrogens is 1090 g/mol. The molecule has 2 saturated heterocycles. The molecule has 6 rings (SSSR count). The van der Waals surface area contributed by atoms with Crippen LogP contribution in [-0.2, 0) is 70.3 Å². The number of hydrazine groups is 2. The summed E-state index contributed by atoms with van der Waals surface area (Å²) in [4.78, 5) is 138. The highest BCUT2D eigenvalue weighted by molar-refractivity contribution is 8.76. The summed E-state index contributed by atoms with van der Waals surface area (Å²) in [7, 11) is 5.13. The number of methoxy groups -OCH3 is 2. The summed E-state index contributed by atoms with van der Waals surface area (Å²) >= 11 is 0. The second-order valence-electron chi connectivity index (χ2n) is 20.4. The van der Waals surface area contributed by atoms with Crippen molar-refractivity contribution in [3.8, 4) is 11.5 Å². The number of rotatable bonds is 25. The lowest BCUT2D eigenvalue weighted by molar-refractivity contribution is -0.152. The number of phenolic OH excluding ortho intramolecular Hbond substituents is 2. The van der Waals surface area contributed by atoms with Gasteiger partial charge in [-0.05, 0) is 88.9 Å². The van der Waals surface area contributed by atoms with Crippen molar-refractivity contribution in [2.75, 3.05) is 39.6 Å². The van der Waals surface area contributed by atoms with Gasteiger partial charge in [-0.2, -0.15) is 0 Å². The zero-order valence-corrected chi connectivity index (χ0v) is 47.5. The van der Waals surface area contributed by atoms with Gasteiger partial charge in [-0.1, -0.05) is 68.8 Å². The van der Waals surface area contributed by atoms with E-state index in [9.17, 15) is 58.2 Å². The Morgan fingerprint density at radius 3 is 1.75 bits per heavy atom. The smallest absolute Gasteiger partial charge is 0.324 e. The fourth-order valence-corrected chi connectivity index (χ4v) is 11.1. The van der Waals surface area contributed by atoms with Gasteiger partial charge in [0.2, 0.25) is 23.6 Å². The zero-order chi connectivity index (χ0) is 58.9. The van der Waals surface area contributed by atoms with Crippen molar-refractivity contribution in [1.82, 2.24) is 52.0 Å². The summed E-state index contributed by atoms with van der Waals surface area (Å²) in [6.07, 6.45) is 4.67. The van der Waals surface area contributed by atoms with Gasteiger partial charge >= 0.3 is 11.9 Å². The summed E-state index contributed by atoms with van der Waals surface area (Å²) in [5.41, 5.74) is 7.62. The quantitative estimate of drug-likeness (QED) is 0.0259. The Balaban J connectivity index is 1.06. The molecule has 0 radical (unpaired) electrons. The van der Waals surface area contributed by atoms with Crippen molar-refractivity contribution >= 4 is 80.8 Å². The Hall–Kier alpha value is -7.55. The first-order valence-electron chi connectivity index (χ1n) is 26.5. The highest BCUT2D eigenvalue weighted by Crippen LogP contribution is 2.33. The summed E-state index contributed by atoms with van der Waals surface area (Å²) in [5.74, 6) is -6.82. The first-order chi connectivity index (χ1) is 38.6. The van der Waals surface area contributed by atoms with Crippen LogP contribution in [0.5, 0.6) is 11.5 Å². The molecule has 26 heteroatoms. The van der Waals surface area contributed by atoms with E-state index >= 15 is 0 Å². The Bertz CT molecular complexity index is 2800. The van der Waals surface area contributed by atoms with Gasteiger partial charge in [-0.15, -0.1) is 0 Å². The average molecular weight is 1160 g/mol. The normalized spacial score (nSPS) is 18.6. The molecule has 24 nitrogen and oxygen atoms in total. The van der Waals surface area contributed by atoms with Gasteiger partial charge in [0.1, 0.15) is 52.8 Å². The van der Waals surface area contributed by atoms with Crippen LogP contribution in [0.25, 0.3) is 0 Å². The van der Waals surface area contributed by atoms with E-state index in [4.69, 9.17) is 9.47 Å². The molecule has 2 aromatic carbocycles. The van der Waals surface area contributed by atoms with Crippen LogP contribution < -0.4 is 32.1 Å². The van der Waals surface area contributed by atoms with Crippen molar-refractivity contribution in [2.45, 2.75) is 120 Å². The highest BCUT2D eigenvalue weighted by Gasteiger charge is 2.40. The van der Waals surface area contributed by atoms with Gasteiger partial charge in [0.15, 0.2) is 0 Å². The second-order valence-corrected chi connectivity index (χ2v) is 22.8. The van der Waals surface area contributed by atoms with Crippen LogP contribution in [0.3, 0.4) is 0 Å². The average Bonchev–Trinajstić information content (AvgIpc) is 3.80. The third-order valence-corrected chi connectivity index (χ3v) is 15.9. The molecule has 0 aliphatic carbocycles. The molecule has 436 valence electrons. The predicted octanol–water partition coefficient (Wildman–Crippen LogP) is 1.71. The highest BCUT2D eigenvalue weighted by atomic mass is 33.1. The van der Waals surface area contributed by atoms with Crippen LogP contribution >= 0.6 is 21.6 Å². The predicted molar refractivity (Wildman–Crippen MR) is 297 cm³/mol. The largest absolute Gasteiger partial charge is 0.508 e. The fourth-order valence-electron chi connectivity index (χ4n) is 9.30. The zero-order valence-electron chi connectivity index (χ0n) is 45.9. The number of carbonyl (C=O) groups is 10. The van der Waals surface area contributed by atoms with Crippen LogP contribution in [0.2, 0.25) is 0 Å². The molecule has 1 aromatic heterocycles. The topological polar surface area (TPSA) is 324 Å². The molecule has 0 spiro atoms. The number of imide groups is 1. The number of aromatic nitrogens is 1. The van der Waals surface area contributed by atoms with E-state index in [-0.39, 0.29) is 69.2 Å². The van der Waals surface area contributed by atoms with Gasteiger partial charge in [0.25, 0.3) is 23.6 Å². The first-order valence-corrected chi connectivity index (χ1v) is 28.8. The number of hydrogen-bond acceptors (Lipinski definition) is 19. The number of benzene rings is 2. The SMILES string of the molecule is COC(=O)[C@@H]1CCCN(C(=O)[C@H](Cc2cccc(O)c2)NC(=O)[C@@H](NC(=O)CCSSc2ccc(C3C[C@@H](C(=O)OC)NN(C(=O)[C@H](Cc4cccc(O)c4)NC(=O)[C@@H](NC(=O)CCN4C(=O)C=CC4=O)C(C)C)C3)cn2)C(C)C)N1. The molecular formula is C55H70N10O14S2. The first kappa shape index (κ1) is 62.6. The summed E-state index contributed by atoms with van der Waals surface area (Å²) < 4.78 is 9.95. The lowest BCUT2D eigenvalue weighted by atomic mass is 9.91. The number of aromatic hydroxyl groups is 2. The van der Waals surface area contributed by atoms with Crippen LogP contribution in [0.15, 0.2) is 84.0 Å². The third kappa shape index (κ3) is 18.0. The maximum Gasteiger partial charge on any atom is 0.324 e. The fraction of sp³-hybridized carbons (Fsp3) is 0.473. The van der Waals surface area contributed by atoms with Gasteiger partial charge in [0.05, 0.1) is 14.2 Å². The van der Waals surface area contributed by atoms with Crippen molar-refractivity contribution < 1.29 is 67.6 Å². The van der Waals surface area contributed by atoms with E-state index in [0.717, 1.165) is 17.1 Å². The Kier molecular flexibility index (Phi) is 23.0. The van der Waals surface area contributed by atoms with E-state index in [1.165, 1.54) is 70.1 Å². The molecule has 81 heavy (non-hydrogen) atoms. The van der Waals surface area contributed by atoms with Crippen molar-refractivity contribution in [3.63, 3.8) is 0 Å². The van der Waals surface area contributed by atoms with E-state index in [1.807, 2.05) is 6.07 Å². The molecule has 1 unspecified atom stereocenters. The van der Waals surface area contributed by atoms with Gasteiger partial charge in [0, 0.05) is 75.3 Å². The van der Waals surface area contributed by atoms with Gasteiger partial charge < -0.3 is 41.0 Å². The second kappa shape index (κ2) is 29.8. The number of hydrogen-bond donors (Lipinski definition) is 8. The third-order valence-electron chi connectivity index (χ3n) is 13.6. The van der Waals surface area contributed by atoms with Gasteiger partial charge in [-0.25, -0.2) is 15.8 Å². The standard InChI is InChI=1S/C55H70N10O14S2/c1-31(2)48(59-43(68)19-22-63-46(70)17-18-47(63)71)50(72)58-41(27-34-11-8-13-38(67)25-34)53(75)65-30-36(28-42(62-65)55(77)79-6)35-15-16-45(56-29-35)81-80-23-20-44(69)60-49(32(3)4)51(73)57-40(26-33-10-7-12-37(66)24-33)52(74)64-21-9-14-39(61-64)54(76)78-5/h7-8,10-13,15-18,24-25,29,31-32,36,39-42,48-49,61-62,66-67H,9,14,19-23,26-28,30H2,1-6H3,(H,57,73)(H,58,72)(H,59,68)(H,60,69)/t36?,39-,40-,41-,42-,48-,49-/m0/s1. The minimum absolute atomic E-state index is 0.0117. The number of carbonyl (C=O) groups excluding carboxylic acids is 10. The van der Waals surface area contributed by atoms with Crippen molar-refractivity contribution in [2.24, 2.45) is 11.8 Å². The maximum atomic E-state index is 14.6. The molecule has 3 aliphatic rings. The number of amides is 8. The lowest BCUT2D eigenvalue weighted by Crippen LogP contribution is -2.63. The summed E-state index contributed by atoms with van der Waals surface area (Å²) in [5, 5.41) is 34.6. The van der Waals surface area contributed by atoms with Crippen LogP contribution in [0.4, 0.5) is 0 Å². The Morgan fingerprint density at radius 1 is 0.704 bits per heavy atom. The van der Waals surface area contributed by atoms with Gasteiger partial charge in [-0.3, -0.25) is 62.9 Å². The molecule has 3 aliphatic heterocycles. The number of esters is 2. The van der Waals surface area contributed by atoms with Crippen LogP contribution in [-0.4, -0.2) is 165 Å². The number of ether oxygens (including phenoxy) is 2. The van der Waals surface area contributed by atoms with Crippen molar-refractivity contribution in [1.29, 1.82) is 0 Å². The van der Waals surface area contributed by atoms with E-state index < -0.39 is 107 Å². The number of nitrogens with one attached hydrogen (secondary N) is 6. The van der Waals surface area contributed by atoms with Crippen molar-refractivity contribution in [3.05, 3.63) is 95.7 Å². The Morgan fingerprint density at radius 2 is 1.23 bits per heavy atom. The number of nitrogens with zero attached hydrogens (tertiary/aromatic N) is 4. The van der Waals surface area contributed by atoms with E-state index in [1.54, 1.807) is 64.2 Å². The monoisotopic (exact) mass is 1160 g/mol. The molecule has 7 atom stereocenters. The molecule has 4 heterocycles. The van der Waals surface area contributed by atoms with Crippen LogP contribution in [0, 0.1) is 11.8 Å². The minimum Gasteiger partial charge on any atom is -0.508 e. The summed E-state index contributed by atoms with van der Waals surface area (Å²) in [6.45, 7) is 7.01. The lowest BCUT2D eigenvalue weighted by Gasteiger charge is -2.39. The minimum atomic E-state index is -1.28. The Labute approximate surface area is 477 Å². The molecule has 3 aromatic rings.